The lowest BCUT2D eigenvalue weighted by atomic mass is 9.95. The fourth-order valence-electron chi connectivity index (χ4n) is 9.14. The van der Waals surface area contributed by atoms with Crippen LogP contribution in [0.3, 0.4) is 0 Å². The quantitative estimate of drug-likeness (QED) is 0.141. The van der Waals surface area contributed by atoms with Gasteiger partial charge >= 0.3 is 0 Å². The van der Waals surface area contributed by atoms with E-state index in [2.05, 4.69) is 264 Å². The van der Waals surface area contributed by atoms with E-state index >= 15 is 0 Å². The number of hydrogen-bond donors (Lipinski definition) is 0. The van der Waals surface area contributed by atoms with Gasteiger partial charge in [0.25, 0.3) is 0 Å². The number of anilines is 3. The molecule has 1 aromatic heterocycles. The predicted molar refractivity (Wildman–Crippen MR) is 263 cm³/mol. The van der Waals surface area contributed by atoms with E-state index < -0.39 is 0 Å². The summed E-state index contributed by atoms with van der Waals surface area (Å²) in [7, 11) is 0. The maximum atomic E-state index is 2.51. The number of para-hydroxylation sites is 2. The van der Waals surface area contributed by atoms with Crippen LogP contribution in [0.25, 0.3) is 83.1 Å². The average molecular weight is 791 g/mol. The first-order valence-electron chi connectivity index (χ1n) is 21.3. The summed E-state index contributed by atoms with van der Waals surface area (Å²) in [5.41, 5.74) is 18.4. The van der Waals surface area contributed by atoms with Crippen molar-refractivity contribution in [2.75, 3.05) is 4.90 Å². The van der Waals surface area contributed by atoms with E-state index in [-0.39, 0.29) is 0 Å². The van der Waals surface area contributed by atoms with Gasteiger partial charge in [-0.3, -0.25) is 0 Å². The first-order valence-corrected chi connectivity index (χ1v) is 21.3. The molecular weight excluding hydrogens is 749 g/mol. The highest BCUT2D eigenvalue weighted by atomic mass is 15.2. The van der Waals surface area contributed by atoms with Crippen molar-refractivity contribution in [2.24, 2.45) is 0 Å². The van der Waals surface area contributed by atoms with Gasteiger partial charge in [-0.15, -0.1) is 0 Å². The van der Waals surface area contributed by atoms with E-state index in [1.165, 1.54) is 44.2 Å². The first kappa shape index (κ1) is 36.8. The molecule has 1 heterocycles. The molecule has 0 aliphatic carbocycles. The summed E-state index contributed by atoms with van der Waals surface area (Å²) in [6.07, 6.45) is 0. The van der Waals surface area contributed by atoms with E-state index in [1.54, 1.807) is 0 Å². The Morgan fingerprint density at radius 1 is 0.258 bits per heavy atom. The van der Waals surface area contributed by atoms with E-state index in [0.717, 1.165) is 56.0 Å². The summed E-state index contributed by atoms with van der Waals surface area (Å²) >= 11 is 0. The van der Waals surface area contributed by atoms with Crippen LogP contribution >= 0.6 is 0 Å². The second-order valence-corrected chi connectivity index (χ2v) is 15.7. The summed E-state index contributed by atoms with van der Waals surface area (Å²) in [5.74, 6) is 0. The van der Waals surface area contributed by atoms with E-state index in [4.69, 9.17) is 0 Å². The molecule has 0 atom stereocenters. The first-order chi connectivity index (χ1) is 30.8. The molecule has 2 heteroatoms. The summed E-state index contributed by atoms with van der Waals surface area (Å²) in [4.78, 5) is 2.51. The van der Waals surface area contributed by atoms with Crippen molar-refractivity contribution >= 4 is 38.9 Å². The topological polar surface area (TPSA) is 8.17 Å². The van der Waals surface area contributed by atoms with Gasteiger partial charge in [0.2, 0.25) is 0 Å². The number of nitrogens with zero attached hydrogens (tertiary/aromatic N) is 2. The molecule has 10 aromatic carbocycles. The highest BCUT2D eigenvalue weighted by molar-refractivity contribution is 6.18. The maximum Gasteiger partial charge on any atom is 0.0562 e. The van der Waals surface area contributed by atoms with Gasteiger partial charge < -0.3 is 9.47 Å². The molecule has 292 valence electrons. The third kappa shape index (κ3) is 6.65. The molecule has 11 rings (SSSR count). The summed E-state index contributed by atoms with van der Waals surface area (Å²) in [6.45, 7) is 0. The Morgan fingerprint density at radius 2 is 0.710 bits per heavy atom. The van der Waals surface area contributed by atoms with Gasteiger partial charge in [0.05, 0.1) is 33.8 Å². The minimum Gasteiger partial charge on any atom is -0.309 e. The molecule has 0 aliphatic heterocycles. The zero-order valence-corrected chi connectivity index (χ0v) is 34.1. The molecule has 0 aliphatic rings. The maximum absolute atomic E-state index is 2.51. The van der Waals surface area contributed by atoms with Gasteiger partial charge in [-0.1, -0.05) is 212 Å². The van der Waals surface area contributed by atoms with Crippen molar-refractivity contribution in [1.29, 1.82) is 0 Å². The lowest BCUT2D eigenvalue weighted by Crippen LogP contribution is -2.13. The highest BCUT2D eigenvalue weighted by Gasteiger charge is 2.26. The molecule has 0 bridgehead atoms. The molecule has 11 aromatic rings. The Morgan fingerprint density at radius 3 is 1.35 bits per heavy atom. The molecule has 0 N–H and O–H groups in total. The number of benzene rings is 10. The lowest BCUT2D eigenvalue weighted by Gasteiger charge is -2.31. The second-order valence-electron chi connectivity index (χ2n) is 15.7. The second kappa shape index (κ2) is 16.1. The van der Waals surface area contributed by atoms with Crippen molar-refractivity contribution in [3.63, 3.8) is 0 Å². The Labute approximate surface area is 362 Å². The highest BCUT2D eigenvalue weighted by Crippen LogP contribution is 2.50. The van der Waals surface area contributed by atoms with E-state index in [0.29, 0.717) is 0 Å². The van der Waals surface area contributed by atoms with Crippen molar-refractivity contribution < 1.29 is 0 Å². The molecule has 0 amide bonds. The largest absolute Gasteiger partial charge is 0.309 e. The molecule has 0 spiro atoms. The third-order valence-corrected chi connectivity index (χ3v) is 12.0. The van der Waals surface area contributed by atoms with Crippen LogP contribution in [0.1, 0.15) is 0 Å². The van der Waals surface area contributed by atoms with E-state index in [9.17, 15) is 0 Å². The fourth-order valence-corrected chi connectivity index (χ4v) is 9.14. The summed E-state index contributed by atoms with van der Waals surface area (Å²) in [5, 5.41) is 2.37. The summed E-state index contributed by atoms with van der Waals surface area (Å²) in [6, 6.07) is 92.2. The van der Waals surface area contributed by atoms with Gasteiger partial charge in [0.1, 0.15) is 0 Å². The van der Waals surface area contributed by atoms with Gasteiger partial charge in [-0.25, -0.2) is 0 Å². The Kier molecular flexibility index (Phi) is 9.57. The predicted octanol–water partition coefficient (Wildman–Crippen LogP) is 16.6. The standard InChI is InChI=1S/C60H42N2/c1-6-21-43(22-7-1)48-38-40-56(53(41-48)47-29-14-5-15-30-47)61(54-33-18-16-31-50(54)45-25-10-3-11-26-45)57-35-20-36-58-60(57)52-32-17-19-34-55(52)62(58)59-42-49(44-23-8-2-9-24-44)37-39-51(59)46-27-12-4-13-28-46/h1-42H. The minimum absolute atomic E-state index is 1.10. The van der Waals surface area contributed by atoms with Crippen LogP contribution in [-0.2, 0) is 0 Å². The molecular formula is C60H42N2. The van der Waals surface area contributed by atoms with Crippen molar-refractivity contribution in [1.82, 2.24) is 4.57 Å². The van der Waals surface area contributed by atoms with Crippen LogP contribution in [0.15, 0.2) is 255 Å². The lowest BCUT2D eigenvalue weighted by molar-refractivity contribution is 1.18. The molecule has 0 radical (unpaired) electrons. The molecule has 0 saturated heterocycles. The van der Waals surface area contributed by atoms with Crippen LogP contribution in [0.5, 0.6) is 0 Å². The number of hydrogen-bond acceptors (Lipinski definition) is 1. The molecule has 2 nitrogen and oxygen atoms in total. The van der Waals surface area contributed by atoms with Gasteiger partial charge in [-0.2, -0.15) is 0 Å². The Bertz CT molecular complexity index is 3320. The fraction of sp³-hybridized carbons (Fsp3) is 0. The molecule has 0 fully saturated rings. The van der Waals surface area contributed by atoms with Crippen molar-refractivity contribution in [3.8, 4) is 61.3 Å². The van der Waals surface area contributed by atoms with Crippen LogP contribution in [0, 0.1) is 0 Å². The smallest absolute Gasteiger partial charge is 0.0562 e. The van der Waals surface area contributed by atoms with E-state index in [1.807, 2.05) is 0 Å². The van der Waals surface area contributed by atoms with Crippen LogP contribution in [0.4, 0.5) is 17.1 Å². The molecule has 0 saturated carbocycles. The van der Waals surface area contributed by atoms with Crippen molar-refractivity contribution in [3.05, 3.63) is 255 Å². The zero-order valence-electron chi connectivity index (χ0n) is 34.1. The normalized spacial score (nSPS) is 11.2. The average Bonchev–Trinajstić information content (AvgIpc) is 3.70. The molecule has 62 heavy (non-hydrogen) atoms. The van der Waals surface area contributed by atoms with Gasteiger partial charge in [0, 0.05) is 27.5 Å². The minimum atomic E-state index is 1.10. The number of fused-ring (bicyclic) bond motifs is 3. The van der Waals surface area contributed by atoms with Gasteiger partial charge in [0.15, 0.2) is 0 Å². The number of rotatable bonds is 9. The summed E-state index contributed by atoms with van der Waals surface area (Å²) < 4.78 is 2.49. The van der Waals surface area contributed by atoms with Gasteiger partial charge in [-0.05, 0) is 81.4 Å². The van der Waals surface area contributed by atoms with Crippen LogP contribution in [0.2, 0.25) is 0 Å². The number of aromatic nitrogens is 1. The van der Waals surface area contributed by atoms with Crippen molar-refractivity contribution in [2.45, 2.75) is 0 Å². The third-order valence-electron chi connectivity index (χ3n) is 12.0. The Balaban J connectivity index is 1.24. The zero-order chi connectivity index (χ0) is 41.2. The molecule has 0 unspecified atom stereocenters. The monoisotopic (exact) mass is 790 g/mol. The van der Waals surface area contributed by atoms with Crippen LogP contribution in [-0.4, -0.2) is 4.57 Å². The Hall–Kier alpha value is -8.20. The SMILES string of the molecule is c1ccc(-c2ccc(N(c3ccccc3-c3ccccc3)c3cccc4c3c3ccccc3n4-c3cc(-c4ccccc4)ccc3-c3ccccc3)c(-c3ccccc3)c2)cc1. The van der Waals surface area contributed by atoms with Crippen LogP contribution < -0.4 is 4.90 Å².